The first-order valence-corrected chi connectivity index (χ1v) is 22.8. The number of hydrogen-bond donors (Lipinski definition) is 9. The molecule has 0 amide bonds. The van der Waals surface area contributed by atoms with Crippen LogP contribution in [-0.2, 0) is 42.7 Å². The summed E-state index contributed by atoms with van der Waals surface area (Å²) in [4.78, 5) is 14.7. The summed E-state index contributed by atoms with van der Waals surface area (Å²) in [6, 6.07) is 0. The maximum absolute atomic E-state index is 14.7. The van der Waals surface area contributed by atoms with Gasteiger partial charge in [0.1, 0.15) is 72.9 Å². The lowest BCUT2D eigenvalue weighted by atomic mass is 9.44. The van der Waals surface area contributed by atoms with Crippen molar-refractivity contribution in [1.29, 1.82) is 0 Å². The second-order valence-corrected chi connectivity index (χ2v) is 20.5. The molecule has 18 nitrogen and oxygen atoms in total. The van der Waals surface area contributed by atoms with Crippen LogP contribution in [0.3, 0.4) is 0 Å². The van der Waals surface area contributed by atoms with Crippen LogP contribution in [0.15, 0.2) is 12.2 Å². The van der Waals surface area contributed by atoms with Gasteiger partial charge in [-0.05, 0) is 74.0 Å². The lowest BCUT2D eigenvalue weighted by molar-refractivity contribution is -0.392. The molecule has 1 spiro atoms. The molecule has 4 saturated carbocycles. The molecule has 0 aromatic carbocycles. The quantitative estimate of drug-likeness (QED) is 0.105. The van der Waals surface area contributed by atoms with Crippen LogP contribution in [0.4, 0.5) is 0 Å². The number of aliphatic hydroxyl groups is 9. The molecule has 5 aliphatic heterocycles. The Bertz CT molecular complexity index is 1640. The fourth-order valence-corrected chi connectivity index (χ4v) is 13.9. The molecule has 0 aromatic heterocycles. The van der Waals surface area contributed by atoms with Gasteiger partial charge in [-0.3, -0.25) is 4.79 Å². The van der Waals surface area contributed by atoms with Crippen molar-refractivity contribution in [3.63, 3.8) is 0 Å². The maximum Gasteiger partial charge on any atom is 0.187 e. The number of carbonyl (C=O) groups is 1. The molecule has 352 valence electrons. The number of Topliss-reactive ketones (excluding diaryl/α,β-unsaturated/α-hetero) is 1. The second kappa shape index (κ2) is 17.1. The highest BCUT2D eigenvalue weighted by Gasteiger charge is 2.72. The number of rotatable bonds is 8. The van der Waals surface area contributed by atoms with Gasteiger partial charge in [-0.25, -0.2) is 0 Å². The minimum absolute atomic E-state index is 0.0314. The zero-order valence-electron chi connectivity index (χ0n) is 35.8. The smallest absolute Gasteiger partial charge is 0.187 e. The highest BCUT2D eigenvalue weighted by atomic mass is 16.8. The van der Waals surface area contributed by atoms with Gasteiger partial charge in [-0.1, -0.05) is 32.9 Å². The monoisotopic (exact) mass is 884 g/mol. The van der Waals surface area contributed by atoms with E-state index in [0.29, 0.717) is 37.6 Å². The molecular formula is C44H68O18. The average molecular weight is 885 g/mol. The molecule has 0 unspecified atom stereocenters. The van der Waals surface area contributed by atoms with E-state index in [4.69, 9.17) is 37.9 Å². The van der Waals surface area contributed by atoms with Crippen LogP contribution in [0.25, 0.3) is 0 Å². The van der Waals surface area contributed by atoms with Crippen LogP contribution < -0.4 is 0 Å². The van der Waals surface area contributed by atoms with E-state index in [0.717, 1.165) is 44.1 Å². The zero-order valence-corrected chi connectivity index (χ0v) is 35.8. The third-order valence-corrected chi connectivity index (χ3v) is 17.5. The lowest BCUT2D eigenvalue weighted by Crippen LogP contribution is -2.67. The Morgan fingerprint density at radius 2 is 1.45 bits per heavy atom. The van der Waals surface area contributed by atoms with Crippen molar-refractivity contribution in [2.24, 2.45) is 46.3 Å². The SMILES string of the molecule is C=C1CC[C@@]2(OC1)O[C@H]1C[C@H]3[C@@H]4CC[C@@H]5C[C@@H](O[C@@H]6O[C@H](CO)[C@@H](O)[C@H](O[C@@H]7OC[C@@H](O)[C@H](O)[C@H]7O)[C@H]6O[C@@H]6O[C@H](CO)[C@@H](O)[C@H](O)[C@H]6O)CC[C@]5(C)[C@H]4CC(=O)[C@]3(C)[C@H]1[C@@H]2C. The summed E-state index contributed by atoms with van der Waals surface area (Å²) in [5.41, 5.74) is 0.419. The molecule has 0 radical (unpaired) electrons. The molecule has 9 N–H and O–H groups in total. The Hall–Kier alpha value is -1.27. The number of ketones is 1. The summed E-state index contributed by atoms with van der Waals surface area (Å²) in [6.07, 6.45) is -16.0. The van der Waals surface area contributed by atoms with Crippen LogP contribution in [0.5, 0.6) is 0 Å². The topological polar surface area (TPSA) is 273 Å². The standard InChI is InChI=1S/C44H68O18/c1-18-7-10-44(56-16-18)19(2)30-26(62-44)12-24-22-6-5-20-11-21(8-9-42(20,3)23(22)13-29(48)43(24,30)4)57-41-38(61-40-36(54)34(52)32(50)27(14-45)58-40)37(33(51)28(15-46)59-41)60-39-35(53)31(49)25(47)17-55-39/h19-28,30-41,45-47,49-54H,1,5-17H2,2-4H3/t19-,20+,21-,22+,23-,24-,25+,26-,27+,28+,30-,31-,32+,33+,34-,35+,36+,37-,38+,39-,40-,41+,42-,43+,44+/m0/s1. The van der Waals surface area contributed by atoms with Crippen LogP contribution in [-0.4, -0.2) is 182 Å². The summed E-state index contributed by atoms with van der Waals surface area (Å²) in [7, 11) is 0. The van der Waals surface area contributed by atoms with E-state index in [1.54, 1.807) is 0 Å². The normalized spacial score (nSPS) is 56.6. The van der Waals surface area contributed by atoms with Crippen molar-refractivity contribution < 1.29 is 88.6 Å². The van der Waals surface area contributed by atoms with Gasteiger partial charge >= 0.3 is 0 Å². The number of ether oxygens (including phenoxy) is 8. The predicted octanol–water partition coefficient (Wildman–Crippen LogP) is -0.995. The number of hydrogen-bond acceptors (Lipinski definition) is 18. The zero-order chi connectivity index (χ0) is 44.2. The molecular weight excluding hydrogens is 816 g/mol. The van der Waals surface area contributed by atoms with E-state index in [1.165, 1.54) is 0 Å². The van der Waals surface area contributed by atoms with Gasteiger partial charge in [0.15, 0.2) is 24.7 Å². The summed E-state index contributed by atoms with van der Waals surface area (Å²) < 4.78 is 49.5. The van der Waals surface area contributed by atoms with Crippen LogP contribution in [0.1, 0.15) is 78.6 Å². The number of aliphatic hydroxyl groups excluding tert-OH is 9. The molecule has 9 rings (SSSR count). The third-order valence-electron chi connectivity index (χ3n) is 17.5. The first kappa shape index (κ1) is 45.9. The Labute approximate surface area is 361 Å². The summed E-state index contributed by atoms with van der Waals surface area (Å²) in [5, 5.41) is 95.1. The Morgan fingerprint density at radius 1 is 0.758 bits per heavy atom. The first-order chi connectivity index (χ1) is 29.4. The minimum atomic E-state index is -1.85. The first-order valence-electron chi connectivity index (χ1n) is 22.8. The van der Waals surface area contributed by atoms with E-state index in [1.807, 2.05) is 0 Å². The van der Waals surface area contributed by atoms with Crippen molar-refractivity contribution >= 4 is 5.78 Å². The van der Waals surface area contributed by atoms with Gasteiger partial charge in [-0.15, -0.1) is 0 Å². The van der Waals surface area contributed by atoms with Crippen molar-refractivity contribution in [2.45, 2.75) is 183 Å². The summed E-state index contributed by atoms with van der Waals surface area (Å²) in [6.45, 7) is 9.48. The van der Waals surface area contributed by atoms with Crippen LogP contribution >= 0.6 is 0 Å². The van der Waals surface area contributed by atoms with E-state index < -0.39 is 123 Å². The fourth-order valence-electron chi connectivity index (χ4n) is 13.9. The molecule has 4 aliphatic carbocycles. The van der Waals surface area contributed by atoms with Crippen LogP contribution in [0, 0.1) is 46.3 Å². The largest absolute Gasteiger partial charge is 0.394 e. The minimum Gasteiger partial charge on any atom is -0.394 e. The highest BCUT2D eigenvalue weighted by Crippen LogP contribution is 2.70. The molecule has 5 saturated heterocycles. The van der Waals surface area contributed by atoms with Gasteiger partial charge in [0, 0.05) is 30.1 Å². The molecule has 25 atom stereocenters. The van der Waals surface area contributed by atoms with Crippen molar-refractivity contribution in [3.05, 3.63) is 12.2 Å². The second-order valence-electron chi connectivity index (χ2n) is 20.5. The molecule has 0 aromatic rings. The molecule has 9 fully saturated rings. The van der Waals surface area contributed by atoms with Crippen molar-refractivity contribution in [2.75, 3.05) is 26.4 Å². The molecule has 62 heavy (non-hydrogen) atoms. The van der Waals surface area contributed by atoms with Crippen LogP contribution in [0.2, 0.25) is 0 Å². The van der Waals surface area contributed by atoms with E-state index in [2.05, 4.69) is 27.4 Å². The van der Waals surface area contributed by atoms with E-state index >= 15 is 0 Å². The predicted molar refractivity (Wildman–Crippen MR) is 210 cm³/mol. The summed E-state index contributed by atoms with van der Waals surface area (Å²) in [5.74, 6) is 0.767. The molecule has 18 heteroatoms. The lowest BCUT2D eigenvalue weighted by Gasteiger charge is -2.61. The van der Waals surface area contributed by atoms with Gasteiger partial charge in [0.05, 0.1) is 38.6 Å². The number of carbonyl (C=O) groups excluding carboxylic acids is 1. The summed E-state index contributed by atoms with van der Waals surface area (Å²) >= 11 is 0. The van der Waals surface area contributed by atoms with Gasteiger partial charge in [0.2, 0.25) is 0 Å². The van der Waals surface area contributed by atoms with Crippen molar-refractivity contribution in [1.82, 2.24) is 0 Å². The highest BCUT2D eigenvalue weighted by molar-refractivity contribution is 5.87. The Balaban J connectivity index is 0.930. The number of fused-ring (bicyclic) bond motifs is 7. The van der Waals surface area contributed by atoms with Crippen molar-refractivity contribution in [3.8, 4) is 0 Å². The van der Waals surface area contributed by atoms with Gasteiger partial charge in [-0.2, -0.15) is 0 Å². The van der Waals surface area contributed by atoms with E-state index in [9.17, 15) is 50.8 Å². The third kappa shape index (κ3) is 7.30. The Morgan fingerprint density at radius 3 is 2.16 bits per heavy atom. The van der Waals surface area contributed by atoms with Gasteiger partial charge < -0.3 is 83.9 Å². The molecule has 5 heterocycles. The maximum atomic E-state index is 14.7. The molecule has 0 bridgehead atoms. The Kier molecular flexibility index (Phi) is 12.7. The van der Waals surface area contributed by atoms with Gasteiger partial charge in [0.25, 0.3) is 0 Å². The fraction of sp³-hybridized carbons (Fsp3) is 0.932. The molecule has 9 aliphatic rings. The average Bonchev–Trinajstić information content (AvgIpc) is 3.70. The van der Waals surface area contributed by atoms with E-state index in [-0.39, 0.29) is 41.1 Å².